The largest absolute Gasteiger partial charge is 0.477 e. The first-order valence-electron chi connectivity index (χ1n) is 10.3. The van der Waals surface area contributed by atoms with E-state index < -0.39 is 80.3 Å². The number of hydrogen-bond donors (Lipinski definition) is 6. The number of phosphoric acid groups is 1. The Labute approximate surface area is 201 Å². The molecule has 2 aliphatic rings. The number of phosphoric ester groups is 1. The quantitative estimate of drug-likeness (QED) is 0.138. The van der Waals surface area contributed by atoms with Crippen LogP contribution < -0.4 is 11.4 Å². The van der Waals surface area contributed by atoms with Crippen LogP contribution >= 0.6 is 7.82 Å². The number of carboxylic acids is 1. The number of nitrogens with two attached hydrogens (primary N) is 1. The second-order valence-corrected chi connectivity index (χ2v) is 9.53. The van der Waals surface area contributed by atoms with Gasteiger partial charge >= 0.3 is 19.5 Å². The number of aliphatic hydroxyl groups is 3. The lowest BCUT2D eigenvalue weighted by molar-refractivity contribution is -0.273. The molecule has 17 nitrogen and oxygen atoms in total. The summed E-state index contributed by atoms with van der Waals surface area (Å²) < 4.78 is 33.1. The van der Waals surface area contributed by atoms with E-state index in [1.807, 2.05) is 0 Å². The average molecular weight is 537 g/mol. The summed E-state index contributed by atoms with van der Waals surface area (Å²) in [5, 5.41) is 40.5. The fourth-order valence-electron chi connectivity index (χ4n) is 3.85. The first kappa shape index (κ1) is 28.0. The van der Waals surface area contributed by atoms with Crippen molar-refractivity contribution in [3.63, 3.8) is 0 Å². The van der Waals surface area contributed by atoms with E-state index in [9.17, 15) is 49.1 Å². The fourth-order valence-corrected chi connectivity index (χ4v) is 4.90. The molecule has 0 bridgehead atoms. The first-order chi connectivity index (χ1) is 16.7. The van der Waals surface area contributed by atoms with E-state index in [0.29, 0.717) is 4.57 Å². The third kappa shape index (κ3) is 5.69. The van der Waals surface area contributed by atoms with E-state index in [1.165, 1.54) is 13.0 Å². The van der Waals surface area contributed by atoms with Crippen molar-refractivity contribution in [3.8, 4) is 0 Å². The van der Waals surface area contributed by atoms with E-state index in [-0.39, 0.29) is 18.5 Å². The lowest BCUT2D eigenvalue weighted by Crippen LogP contribution is -2.57. The van der Waals surface area contributed by atoms with Crippen LogP contribution in [0.2, 0.25) is 0 Å². The number of ether oxygens (including phenoxy) is 2. The smallest absolute Gasteiger partial charge is 0.477 e. The van der Waals surface area contributed by atoms with Crippen molar-refractivity contribution in [1.82, 2.24) is 9.55 Å². The van der Waals surface area contributed by atoms with Gasteiger partial charge < -0.3 is 50.1 Å². The molecule has 2 aliphatic heterocycles. The Hall–Kier alpha value is -2.60. The fraction of sp³-hybridized carbons (Fsp3) is 0.611. The van der Waals surface area contributed by atoms with Crippen molar-refractivity contribution < 1.29 is 62.8 Å². The maximum Gasteiger partial charge on any atom is 0.477 e. The number of anilines is 1. The van der Waals surface area contributed by atoms with Crippen LogP contribution in [0.3, 0.4) is 0 Å². The molecule has 9 atom stereocenters. The summed E-state index contributed by atoms with van der Waals surface area (Å²) in [6.07, 6.45) is -11.3. The molecule has 0 amide bonds. The standard InChI is InChI=1S/C18H24N3O14P/c1-7(23)4-8-9(24)5-18(16(27)28,33-10(8)6-22)35-36(30,31)34-15-13(26)12(25)14(32-15)21-3-2-11(19)20-17(21)29/h2-3,6,8-10,12-15,24-26H,4-5H2,1H3,(H,27,28)(H,30,31)(H2,19,20,29). The molecule has 0 spiro atoms. The number of aldehydes is 1. The maximum absolute atomic E-state index is 12.7. The summed E-state index contributed by atoms with van der Waals surface area (Å²) in [6.45, 7) is 1.17. The molecule has 9 unspecified atom stereocenters. The number of aromatic nitrogens is 2. The molecule has 0 aromatic carbocycles. The van der Waals surface area contributed by atoms with Crippen LogP contribution in [-0.4, -0.2) is 89.4 Å². The van der Waals surface area contributed by atoms with Crippen molar-refractivity contribution in [2.75, 3.05) is 5.73 Å². The highest BCUT2D eigenvalue weighted by Gasteiger charge is 2.58. The lowest BCUT2D eigenvalue weighted by atomic mass is 9.84. The van der Waals surface area contributed by atoms with Gasteiger partial charge in [0.05, 0.1) is 6.10 Å². The molecule has 2 saturated heterocycles. The van der Waals surface area contributed by atoms with Gasteiger partial charge in [-0.3, -0.25) is 9.09 Å². The van der Waals surface area contributed by atoms with Gasteiger partial charge in [0.25, 0.3) is 5.79 Å². The highest BCUT2D eigenvalue weighted by Crippen LogP contribution is 2.53. The van der Waals surface area contributed by atoms with Gasteiger partial charge in [0.2, 0.25) is 0 Å². The zero-order valence-corrected chi connectivity index (χ0v) is 19.4. The minimum atomic E-state index is -5.56. The summed E-state index contributed by atoms with van der Waals surface area (Å²) in [7, 11) is -5.56. The Morgan fingerprint density at radius 3 is 2.58 bits per heavy atom. The maximum atomic E-state index is 12.7. The Bertz CT molecular complexity index is 1130. The summed E-state index contributed by atoms with van der Waals surface area (Å²) in [6, 6.07) is 1.17. The average Bonchev–Trinajstić information content (AvgIpc) is 3.02. The summed E-state index contributed by atoms with van der Waals surface area (Å²) >= 11 is 0. The molecule has 3 heterocycles. The SMILES string of the molecule is CC(=O)CC1C(O)CC(OP(=O)(O)OC2OC(n3ccc(N)nc3=O)C(O)C2O)(C(=O)O)OC1C=O. The van der Waals surface area contributed by atoms with E-state index in [1.54, 1.807) is 0 Å². The number of hydrogen-bond acceptors (Lipinski definition) is 14. The van der Waals surface area contributed by atoms with Gasteiger partial charge in [-0.15, -0.1) is 0 Å². The number of aliphatic hydroxyl groups excluding tert-OH is 3. The van der Waals surface area contributed by atoms with Gasteiger partial charge in [-0.1, -0.05) is 0 Å². The third-order valence-electron chi connectivity index (χ3n) is 5.52. The summed E-state index contributed by atoms with van der Waals surface area (Å²) in [5.74, 6) is -6.85. The van der Waals surface area contributed by atoms with Crippen LogP contribution in [-0.2, 0) is 37.5 Å². The van der Waals surface area contributed by atoms with Crippen molar-refractivity contribution in [2.45, 2.75) is 62.5 Å². The predicted molar refractivity (Wildman–Crippen MR) is 112 cm³/mol. The molecule has 0 radical (unpaired) electrons. The highest BCUT2D eigenvalue weighted by molar-refractivity contribution is 7.47. The highest BCUT2D eigenvalue weighted by atomic mass is 31.2. The van der Waals surface area contributed by atoms with E-state index >= 15 is 0 Å². The molecule has 200 valence electrons. The molecule has 1 aromatic heterocycles. The van der Waals surface area contributed by atoms with Crippen LogP contribution in [0.5, 0.6) is 0 Å². The molecule has 36 heavy (non-hydrogen) atoms. The normalized spacial score (nSPS) is 36.2. The van der Waals surface area contributed by atoms with Crippen molar-refractivity contribution in [3.05, 3.63) is 22.7 Å². The van der Waals surface area contributed by atoms with E-state index in [0.717, 1.165) is 6.20 Å². The molecular formula is C18H24N3O14P. The zero-order valence-electron chi connectivity index (χ0n) is 18.5. The third-order valence-corrected chi connectivity index (χ3v) is 6.52. The molecule has 0 aliphatic carbocycles. The predicted octanol–water partition coefficient (Wildman–Crippen LogP) is -2.74. The van der Waals surface area contributed by atoms with Gasteiger partial charge in [-0.2, -0.15) is 4.98 Å². The second-order valence-electron chi connectivity index (χ2n) is 8.20. The zero-order chi connectivity index (χ0) is 27.0. The van der Waals surface area contributed by atoms with Crippen LogP contribution in [0.25, 0.3) is 0 Å². The Kier molecular flexibility index (Phi) is 8.09. The molecular weight excluding hydrogens is 513 g/mol. The number of carbonyl (C=O) groups excluding carboxylic acids is 2. The molecule has 7 N–H and O–H groups in total. The van der Waals surface area contributed by atoms with Gasteiger partial charge in [0.1, 0.15) is 36.2 Å². The molecule has 1 aromatic rings. The van der Waals surface area contributed by atoms with Crippen LogP contribution in [0.15, 0.2) is 17.1 Å². The summed E-state index contributed by atoms with van der Waals surface area (Å²) in [4.78, 5) is 60.5. The first-order valence-corrected chi connectivity index (χ1v) is 11.8. The number of nitrogens with zero attached hydrogens (tertiary/aromatic N) is 2. The molecule has 18 heteroatoms. The van der Waals surface area contributed by atoms with E-state index in [4.69, 9.17) is 24.3 Å². The molecule has 3 rings (SSSR count). The Morgan fingerprint density at radius 2 is 2.03 bits per heavy atom. The minimum Gasteiger partial charge on any atom is -0.477 e. The number of aliphatic carboxylic acids is 1. The topological polar surface area (TPSA) is 267 Å². The lowest BCUT2D eigenvalue weighted by Gasteiger charge is -2.42. The van der Waals surface area contributed by atoms with Crippen LogP contribution in [0, 0.1) is 5.92 Å². The van der Waals surface area contributed by atoms with E-state index in [2.05, 4.69) is 4.98 Å². The number of rotatable bonds is 9. The van der Waals surface area contributed by atoms with Gasteiger partial charge in [0.15, 0.2) is 12.5 Å². The van der Waals surface area contributed by atoms with Crippen LogP contribution in [0.4, 0.5) is 5.82 Å². The number of nitrogen functional groups attached to an aromatic ring is 1. The monoisotopic (exact) mass is 537 g/mol. The van der Waals surface area contributed by atoms with Crippen molar-refractivity contribution in [2.24, 2.45) is 5.92 Å². The molecule has 0 saturated carbocycles. The Morgan fingerprint density at radius 1 is 1.36 bits per heavy atom. The summed E-state index contributed by atoms with van der Waals surface area (Å²) in [5.41, 5.74) is 4.39. The Balaban J connectivity index is 1.80. The van der Waals surface area contributed by atoms with Crippen LogP contribution in [0.1, 0.15) is 26.0 Å². The minimum absolute atomic E-state index is 0.101. The van der Waals surface area contributed by atoms with Gasteiger partial charge in [0, 0.05) is 25.0 Å². The number of carboxylic acid groups (broad SMARTS) is 1. The van der Waals surface area contributed by atoms with Crippen molar-refractivity contribution >= 4 is 31.7 Å². The number of ketones is 1. The second kappa shape index (κ2) is 10.4. The molecule has 2 fully saturated rings. The number of carbonyl (C=O) groups is 3. The van der Waals surface area contributed by atoms with Gasteiger partial charge in [-0.25, -0.2) is 18.7 Å². The number of Topliss-reactive ketones (excluding diaryl/α,β-unsaturated/α-hetero) is 1. The van der Waals surface area contributed by atoms with Gasteiger partial charge in [-0.05, 0) is 13.0 Å². The van der Waals surface area contributed by atoms with Crippen molar-refractivity contribution in [1.29, 1.82) is 0 Å².